The van der Waals surface area contributed by atoms with Crippen LogP contribution in [0, 0.1) is 0 Å². The quantitative estimate of drug-likeness (QED) is 0.146. The Morgan fingerprint density at radius 3 is 1.29 bits per heavy atom. The second-order valence-corrected chi connectivity index (χ2v) is 9.18. The highest BCUT2D eigenvalue weighted by atomic mass is 16.5. The van der Waals surface area contributed by atoms with Gasteiger partial charge < -0.3 is 14.6 Å². The van der Waals surface area contributed by atoms with Crippen LogP contribution in [0.1, 0.15) is 136 Å². The molecule has 1 N–H and O–H groups in total. The molecule has 0 rings (SSSR count). The summed E-state index contributed by atoms with van der Waals surface area (Å²) in [6.45, 7) is 6.51. The van der Waals surface area contributed by atoms with Crippen LogP contribution in [0.3, 0.4) is 0 Å². The molecule has 31 heavy (non-hydrogen) atoms. The Morgan fingerprint density at radius 1 is 0.613 bits per heavy atom. The van der Waals surface area contributed by atoms with Crippen LogP contribution in [0.4, 0.5) is 0 Å². The van der Waals surface area contributed by atoms with Gasteiger partial charge in [0.05, 0.1) is 18.8 Å². The molecule has 0 amide bonds. The zero-order chi connectivity index (χ0) is 23.2. The minimum atomic E-state index is -1.00. The lowest BCUT2D eigenvalue weighted by Gasteiger charge is -2.22. The molecule has 0 aromatic carbocycles. The first-order valence-corrected chi connectivity index (χ1v) is 12.9. The van der Waals surface area contributed by atoms with E-state index in [2.05, 4.69) is 13.8 Å². The Hall–Kier alpha value is -1.10. The number of esters is 2. The second kappa shape index (κ2) is 20.8. The summed E-state index contributed by atoms with van der Waals surface area (Å²) in [4.78, 5) is 23.6. The molecule has 0 bridgehead atoms. The number of aliphatic hydroxyl groups is 1. The summed E-state index contributed by atoms with van der Waals surface area (Å²) in [5.41, 5.74) is -1.00. The van der Waals surface area contributed by atoms with Crippen LogP contribution < -0.4 is 0 Å². The third-order valence-electron chi connectivity index (χ3n) is 5.78. The number of carbonyl (C=O) groups is 2. The van der Waals surface area contributed by atoms with E-state index < -0.39 is 5.60 Å². The van der Waals surface area contributed by atoms with E-state index in [1.807, 2.05) is 0 Å². The van der Waals surface area contributed by atoms with E-state index in [0.29, 0.717) is 25.7 Å². The van der Waals surface area contributed by atoms with E-state index in [9.17, 15) is 14.7 Å². The highest BCUT2D eigenvalue weighted by Gasteiger charge is 2.21. The lowest BCUT2D eigenvalue weighted by atomic mass is 9.99. The molecular formula is C26H50O5. The molecule has 0 fully saturated rings. The van der Waals surface area contributed by atoms with Gasteiger partial charge in [-0.3, -0.25) is 9.59 Å². The maximum Gasteiger partial charge on any atom is 0.305 e. The molecule has 5 heteroatoms. The van der Waals surface area contributed by atoms with Crippen molar-refractivity contribution in [3.63, 3.8) is 0 Å². The molecule has 184 valence electrons. The van der Waals surface area contributed by atoms with Crippen molar-refractivity contribution in [2.75, 3.05) is 13.2 Å². The standard InChI is InChI=1S/C26H50O5/c1-4-6-8-10-12-14-16-18-24(27)30-22-20-26(3,29)21-23-31-25(28)19-17-15-13-11-9-7-5-2/h29H,4-23H2,1-3H3. The topological polar surface area (TPSA) is 72.8 Å². The minimum Gasteiger partial charge on any atom is -0.466 e. The predicted octanol–water partition coefficient (Wildman–Crippen LogP) is 6.89. The summed E-state index contributed by atoms with van der Waals surface area (Å²) >= 11 is 0. The van der Waals surface area contributed by atoms with Gasteiger partial charge in [0.25, 0.3) is 0 Å². The first-order chi connectivity index (χ1) is 14.9. The van der Waals surface area contributed by atoms with Crippen LogP contribution in [-0.2, 0) is 19.1 Å². The number of hydrogen-bond donors (Lipinski definition) is 1. The minimum absolute atomic E-state index is 0.189. The predicted molar refractivity (Wildman–Crippen MR) is 127 cm³/mol. The van der Waals surface area contributed by atoms with Gasteiger partial charge in [-0.15, -0.1) is 0 Å². The average molecular weight is 443 g/mol. The van der Waals surface area contributed by atoms with Gasteiger partial charge in [0.2, 0.25) is 0 Å². The summed E-state index contributed by atoms with van der Waals surface area (Å²) in [6, 6.07) is 0. The van der Waals surface area contributed by atoms with Gasteiger partial charge in [-0.05, 0) is 19.8 Å². The third-order valence-corrected chi connectivity index (χ3v) is 5.78. The van der Waals surface area contributed by atoms with Gasteiger partial charge >= 0.3 is 11.9 Å². The Balaban J connectivity index is 3.62. The molecule has 5 nitrogen and oxygen atoms in total. The summed E-state index contributed by atoms with van der Waals surface area (Å²) < 4.78 is 10.5. The summed E-state index contributed by atoms with van der Waals surface area (Å²) in [6.07, 6.45) is 18.0. The van der Waals surface area contributed by atoms with E-state index in [-0.39, 0.29) is 25.2 Å². The number of hydrogen-bond acceptors (Lipinski definition) is 5. The van der Waals surface area contributed by atoms with Crippen LogP contribution in [0.5, 0.6) is 0 Å². The van der Waals surface area contributed by atoms with E-state index in [4.69, 9.17) is 9.47 Å². The fourth-order valence-electron chi connectivity index (χ4n) is 3.49. The highest BCUT2D eigenvalue weighted by molar-refractivity contribution is 5.69. The zero-order valence-corrected chi connectivity index (χ0v) is 20.7. The maximum absolute atomic E-state index is 11.8. The number of carbonyl (C=O) groups excluding carboxylic acids is 2. The molecule has 0 aromatic heterocycles. The molecule has 0 unspecified atom stereocenters. The van der Waals surface area contributed by atoms with Crippen LogP contribution in [0.15, 0.2) is 0 Å². The van der Waals surface area contributed by atoms with Gasteiger partial charge in [-0.2, -0.15) is 0 Å². The fourth-order valence-corrected chi connectivity index (χ4v) is 3.49. The van der Waals surface area contributed by atoms with Gasteiger partial charge in [-0.1, -0.05) is 90.9 Å². The van der Waals surface area contributed by atoms with Crippen molar-refractivity contribution in [3.05, 3.63) is 0 Å². The van der Waals surface area contributed by atoms with Crippen molar-refractivity contribution in [2.45, 2.75) is 142 Å². The van der Waals surface area contributed by atoms with E-state index in [0.717, 1.165) is 25.7 Å². The molecule has 0 saturated carbocycles. The lowest BCUT2D eigenvalue weighted by molar-refractivity contribution is -0.146. The summed E-state index contributed by atoms with van der Waals surface area (Å²) in [5.74, 6) is -0.379. The molecule has 0 saturated heterocycles. The van der Waals surface area contributed by atoms with Gasteiger partial charge in [-0.25, -0.2) is 0 Å². The third kappa shape index (κ3) is 21.9. The summed E-state index contributed by atoms with van der Waals surface area (Å²) in [5, 5.41) is 10.4. The van der Waals surface area contributed by atoms with E-state index in [1.165, 1.54) is 64.2 Å². The fraction of sp³-hybridized carbons (Fsp3) is 0.923. The normalized spacial score (nSPS) is 11.5. The van der Waals surface area contributed by atoms with Crippen LogP contribution in [0.25, 0.3) is 0 Å². The Bertz CT molecular complexity index is 396. The molecule has 0 radical (unpaired) electrons. The number of unbranched alkanes of at least 4 members (excludes halogenated alkanes) is 12. The number of ether oxygens (including phenoxy) is 2. The van der Waals surface area contributed by atoms with E-state index >= 15 is 0 Å². The molecule has 0 aliphatic heterocycles. The monoisotopic (exact) mass is 442 g/mol. The number of rotatable bonds is 22. The molecule has 0 heterocycles. The first-order valence-electron chi connectivity index (χ1n) is 12.9. The Kier molecular flexibility index (Phi) is 20.0. The lowest BCUT2D eigenvalue weighted by Crippen LogP contribution is -2.29. The van der Waals surface area contributed by atoms with Crippen LogP contribution in [0.2, 0.25) is 0 Å². The molecule has 0 aliphatic carbocycles. The zero-order valence-electron chi connectivity index (χ0n) is 20.7. The molecule has 0 aromatic rings. The van der Waals surface area contributed by atoms with Crippen molar-refractivity contribution in [1.29, 1.82) is 0 Å². The van der Waals surface area contributed by atoms with E-state index in [1.54, 1.807) is 6.92 Å². The molecule has 0 spiro atoms. The smallest absolute Gasteiger partial charge is 0.305 e. The molecular weight excluding hydrogens is 392 g/mol. The van der Waals surface area contributed by atoms with Crippen molar-refractivity contribution >= 4 is 11.9 Å². The Labute approximate surface area is 191 Å². The van der Waals surface area contributed by atoms with Gasteiger partial charge in [0.15, 0.2) is 0 Å². The Morgan fingerprint density at radius 2 is 0.935 bits per heavy atom. The van der Waals surface area contributed by atoms with Crippen molar-refractivity contribution in [3.8, 4) is 0 Å². The highest BCUT2D eigenvalue weighted by Crippen LogP contribution is 2.16. The second-order valence-electron chi connectivity index (χ2n) is 9.18. The average Bonchev–Trinajstić information content (AvgIpc) is 2.72. The van der Waals surface area contributed by atoms with Crippen molar-refractivity contribution in [2.24, 2.45) is 0 Å². The largest absolute Gasteiger partial charge is 0.466 e. The van der Waals surface area contributed by atoms with Crippen LogP contribution >= 0.6 is 0 Å². The molecule has 0 atom stereocenters. The van der Waals surface area contributed by atoms with Crippen LogP contribution in [-0.4, -0.2) is 35.9 Å². The molecule has 0 aliphatic rings. The van der Waals surface area contributed by atoms with Crippen molar-refractivity contribution in [1.82, 2.24) is 0 Å². The van der Waals surface area contributed by atoms with Crippen molar-refractivity contribution < 1.29 is 24.2 Å². The summed E-state index contributed by atoms with van der Waals surface area (Å²) in [7, 11) is 0. The maximum atomic E-state index is 11.8. The SMILES string of the molecule is CCCCCCCCCC(=O)OCCC(C)(O)CCOC(=O)CCCCCCCCC. The van der Waals surface area contributed by atoms with Gasteiger partial charge in [0, 0.05) is 25.7 Å². The van der Waals surface area contributed by atoms with Gasteiger partial charge in [0.1, 0.15) is 0 Å². The first kappa shape index (κ1) is 29.9.